The van der Waals surface area contributed by atoms with Gasteiger partial charge in [0.25, 0.3) is 0 Å². The summed E-state index contributed by atoms with van der Waals surface area (Å²) in [6.45, 7) is 0. The Morgan fingerprint density at radius 1 is 1.11 bits per heavy atom. The van der Waals surface area contributed by atoms with E-state index in [1.165, 1.54) is 6.07 Å². The van der Waals surface area contributed by atoms with Crippen LogP contribution in [0, 0.1) is 0 Å². The highest BCUT2D eigenvalue weighted by atomic mass is 35.5. The molecule has 2 aromatic carbocycles. The van der Waals surface area contributed by atoms with Crippen molar-refractivity contribution in [2.75, 3.05) is 0 Å². The molecule has 1 aliphatic rings. The minimum Gasteiger partial charge on any atom is -0.508 e. The first-order valence-electron chi connectivity index (χ1n) is 6.07. The molecule has 2 aromatic rings. The molecule has 0 spiro atoms. The Balaban J connectivity index is 1.97. The van der Waals surface area contributed by atoms with Crippen molar-refractivity contribution in [2.45, 2.75) is 18.6 Å². The fraction of sp³-hybridized carbons (Fsp3) is 0.200. The number of hydrogen-bond acceptors (Lipinski definition) is 3. The second-order valence-corrected chi connectivity index (χ2v) is 5.01. The maximum Gasteiger partial charge on any atom is 0.128 e. The summed E-state index contributed by atoms with van der Waals surface area (Å²) in [5.41, 5.74) is 1.48. The summed E-state index contributed by atoms with van der Waals surface area (Å²) in [4.78, 5) is 0. The average molecular weight is 277 g/mol. The van der Waals surface area contributed by atoms with Crippen LogP contribution in [0.5, 0.6) is 11.5 Å². The van der Waals surface area contributed by atoms with Gasteiger partial charge in [0.1, 0.15) is 17.6 Å². The Morgan fingerprint density at radius 3 is 2.68 bits per heavy atom. The molecule has 2 N–H and O–H groups in total. The molecule has 0 amide bonds. The first-order chi connectivity index (χ1) is 9.15. The van der Waals surface area contributed by atoms with Crippen LogP contribution in [0.3, 0.4) is 0 Å². The fourth-order valence-corrected chi connectivity index (χ4v) is 2.62. The zero-order valence-corrected chi connectivity index (χ0v) is 10.8. The van der Waals surface area contributed by atoms with Crippen molar-refractivity contribution in [1.29, 1.82) is 0 Å². The number of hydrogen-bond donors (Lipinski definition) is 2. The number of phenolic OH excluding ortho intramolecular Hbond substituents is 1. The highest BCUT2D eigenvalue weighted by molar-refractivity contribution is 6.31. The molecule has 0 saturated heterocycles. The number of aromatic hydroxyl groups is 1. The van der Waals surface area contributed by atoms with Crippen LogP contribution >= 0.6 is 11.6 Å². The lowest BCUT2D eigenvalue weighted by Gasteiger charge is -2.30. The summed E-state index contributed by atoms with van der Waals surface area (Å²) in [6, 6.07) is 12.2. The number of aliphatic hydroxyl groups excluding tert-OH is 1. The van der Waals surface area contributed by atoms with Gasteiger partial charge in [-0.25, -0.2) is 0 Å². The molecule has 0 saturated carbocycles. The minimum absolute atomic E-state index is 0.123. The first kappa shape index (κ1) is 12.3. The molecule has 19 heavy (non-hydrogen) atoms. The van der Waals surface area contributed by atoms with Crippen LogP contribution < -0.4 is 4.74 Å². The number of aliphatic hydroxyl groups is 1. The molecule has 0 bridgehead atoms. The molecule has 4 heteroatoms. The Kier molecular flexibility index (Phi) is 3.09. The Morgan fingerprint density at radius 2 is 1.89 bits per heavy atom. The zero-order chi connectivity index (χ0) is 13.4. The van der Waals surface area contributed by atoms with E-state index in [9.17, 15) is 10.2 Å². The van der Waals surface area contributed by atoms with Crippen LogP contribution in [0.1, 0.15) is 29.8 Å². The lowest BCUT2D eigenvalue weighted by molar-refractivity contribution is 0.0655. The number of rotatable bonds is 1. The van der Waals surface area contributed by atoms with Crippen LogP contribution in [-0.4, -0.2) is 10.2 Å². The van der Waals surface area contributed by atoms with E-state index in [0.717, 1.165) is 5.56 Å². The molecule has 2 atom stereocenters. The van der Waals surface area contributed by atoms with Crippen molar-refractivity contribution in [3.63, 3.8) is 0 Å². The normalized spacial score (nSPS) is 21.6. The molecule has 1 heterocycles. The average Bonchev–Trinajstić information content (AvgIpc) is 2.40. The molecule has 0 aliphatic carbocycles. The molecule has 0 radical (unpaired) electrons. The first-order valence-corrected chi connectivity index (χ1v) is 6.45. The highest BCUT2D eigenvalue weighted by Gasteiger charge is 2.29. The summed E-state index contributed by atoms with van der Waals surface area (Å²) in [5.74, 6) is 0.707. The predicted molar refractivity (Wildman–Crippen MR) is 72.5 cm³/mol. The van der Waals surface area contributed by atoms with Gasteiger partial charge in [0, 0.05) is 22.6 Å². The van der Waals surface area contributed by atoms with Crippen molar-refractivity contribution >= 4 is 11.6 Å². The molecule has 3 rings (SSSR count). The number of phenols is 1. The molecule has 1 aliphatic heterocycles. The summed E-state index contributed by atoms with van der Waals surface area (Å²) in [5, 5.41) is 20.2. The smallest absolute Gasteiger partial charge is 0.128 e. The third-order valence-electron chi connectivity index (χ3n) is 3.31. The molecule has 98 valence electrons. The third-order valence-corrected chi connectivity index (χ3v) is 3.66. The predicted octanol–water partition coefficient (Wildman–Crippen LogP) is 3.60. The van der Waals surface area contributed by atoms with Crippen LogP contribution in [0.15, 0.2) is 42.5 Å². The van der Waals surface area contributed by atoms with Crippen LogP contribution in [0.4, 0.5) is 0 Å². The van der Waals surface area contributed by atoms with E-state index in [2.05, 4.69) is 0 Å². The van der Waals surface area contributed by atoms with E-state index in [0.29, 0.717) is 22.8 Å². The summed E-state index contributed by atoms with van der Waals surface area (Å²) >= 11 is 6.16. The topological polar surface area (TPSA) is 49.7 Å². The van der Waals surface area contributed by atoms with Gasteiger partial charge in [0.05, 0.1) is 6.10 Å². The second kappa shape index (κ2) is 4.76. The lowest BCUT2D eigenvalue weighted by Crippen LogP contribution is -2.19. The summed E-state index contributed by atoms with van der Waals surface area (Å²) in [7, 11) is 0. The lowest BCUT2D eigenvalue weighted by atomic mass is 9.95. The second-order valence-electron chi connectivity index (χ2n) is 4.60. The van der Waals surface area contributed by atoms with Gasteiger partial charge < -0.3 is 14.9 Å². The molecule has 0 fully saturated rings. The van der Waals surface area contributed by atoms with Gasteiger partial charge >= 0.3 is 0 Å². The monoisotopic (exact) mass is 276 g/mol. The van der Waals surface area contributed by atoms with Crippen molar-refractivity contribution in [3.8, 4) is 11.5 Å². The maximum atomic E-state index is 10.2. The number of fused-ring (bicyclic) bond motifs is 1. The third kappa shape index (κ3) is 2.27. The van der Waals surface area contributed by atoms with Crippen molar-refractivity contribution in [3.05, 3.63) is 58.6 Å². The van der Waals surface area contributed by atoms with E-state index in [1.54, 1.807) is 18.2 Å². The van der Waals surface area contributed by atoms with Crippen LogP contribution in [0.2, 0.25) is 5.02 Å². The molecule has 2 unspecified atom stereocenters. The van der Waals surface area contributed by atoms with E-state index in [4.69, 9.17) is 16.3 Å². The number of ether oxygens (including phenoxy) is 1. The SMILES string of the molecule is Oc1ccc2c(c1)C(O)CC(c1ccccc1Cl)O2. The molecule has 3 nitrogen and oxygen atoms in total. The number of halogens is 1. The Hall–Kier alpha value is -1.71. The number of benzene rings is 2. The van der Waals surface area contributed by atoms with Crippen molar-refractivity contribution < 1.29 is 14.9 Å². The van der Waals surface area contributed by atoms with Gasteiger partial charge in [0.15, 0.2) is 0 Å². The Labute approximate surface area is 116 Å². The molecule has 0 aromatic heterocycles. The largest absolute Gasteiger partial charge is 0.508 e. The van der Waals surface area contributed by atoms with Crippen molar-refractivity contribution in [1.82, 2.24) is 0 Å². The quantitative estimate of drug-likeness (QED) is 0.837. The van der Waals surface area contributed by atoms with Crippen LogP contribution in [-0.2, 0) is 0 Å². The Bertz CT molecular complexity index is 612. The standard InChI is InChI=1S/C15H13ClO3/c16-12-4-2-1-3-10(12)15-8-13(18)11-7-9(17)5-6-14(11)19-15/h1-7,13,15,17-18H,8H2. The van der Waals surface area contributed by atoms with E-state index >= 15 is 0 Å². The van der Waals surface area contributed by atoms with E-state index in [-0.39, 0.29) is 11.9 Å². The summed E-state index contributed by atoms with van der Waals surface area (Å²) < 4.78 is 5.87. The fourth-order valence-electron chi connectivity index (χ4n) is 2.36. The van der Waals surface area contributed by atoms with Gasteiger partial charge in [-0.2, -0.15) is 0 Å². The van der Waals surface area contributed by atoms with Gasteiger partial charge in [-0.05, 0) is 24.3 Å². The minimum atomic E-state index is -0.669. The molecular formula is C15H13ClO3. The van der Waals surface area contributed by atoms with Gasteiger partial charge in [-0.15, -0.1) is 0 Å². The van der Waals surface area contributed by atoms with Gasteiger partial charge in [-0.3, -0.25) is 0 Å². The maximum absolute atomic E-state index is 10.2. The van der Waals surface area contributed by atoms with Crippen LogP contribution in [0.25, 0.3) is 0 Å². The van der Waals surface area contributed by atoms with Gasteiger partial charge in [0.2, 0.25) is 0 Å². The van der Waals surface area contributed by atoms with E-state index < -0.39 is 6.10 Å². The summed E-state index contributed by atoms with van der Waals surface area (Å²) in [6.07, 6.45) is -0.530. The molecular weight excluding hydrogens is 264 g/mol. The van der Waals surface area contributed by atoms with E-state index in [1.807, 2.05) is 18.2 Å². The van der Waals surface area contributed by atoms with Gasteiger partial charge in [-0.1, -0.05) is 29.8 Å². The highest BCUT2D eigenvalue weighted by Crippen LogP contribution is 2.43. The van der Waals surface area contributed by atoms with Crippen molar-refractivity contribution in [2.24, 2.45) is 0 Å². The zero-order valence-electron chi connectivity index (χ0n) is 10.1.